The lowest BCUT2D eigenvalue weighted by Gasteiger charge is -2.23. The van der Waals surface area contributed by atoms with E-state index >= 15 is 0 Å². The summed E-state index contributed by atoms with van der Waals surface area (Å²) < 4.78 is 9.24. The fraction of sp³-hybridized carbons (Fsp3) is 0.583. The SMILES string of the molecule is C=CCN(CCOC)C(=O)N[C@@H](CC(=O)OC)C(=O)O. The van der Waals surface area contributed by atoms with Crippen LogP contribution in [0, 0.1) is 0 Å². The minimum atomic E-state index is -1.34. The van der Waals surface area contributed by atoms with Crippen molar-refractivity contribution in [3.8, 4) is 0 Å². The van der Waals surface area contributed by atoms with Gasteiger partial charge in [-0.1, -0.05) is 6.08 Å². The van der Waals surface area contributed by atoms with Gasteiger partial charge in [-0.05, 0) is 0 Å². The molecule has 2 amide bonds. The van der Waals surface area contributed by atoms with E-state index in [1.165, 1.54) is 18.1 Å². The van der Waals surface area contributed by atoms with Crippen molar-refractivity contribution in [1.29, 1.82) is 0 Å². The average molecular weight is 288 g/mol. The molecule has 0 saturated heterocycles. The molecule has 0 saturated carbocycles. The number of nitrogens with zero attached hydrogens (tertiary/aromatic N) is 1. The Balaban J connectivity index is 4.64. The Hall–Kier alpha value is -2.09. The van der Waals surface area contributed by atoms with E-state index in [-0.39, 0.29) is 13.1 Å². The van der Waals surface area contributed by atoms with Gasteiger partial charge in [0, 0.05) is 20.2 Å². The first kappa shape index (κ1) is 17.9. The Morgan fingerprint density at radius 1 is 1.40 bits per heavy atom. The Morgan fingerprint density at radius 3 is 2.50 bits per heavy atom. The Kier molecular flexibility index (Phi) is 8.77. The molecule has 8 nitrogen and oxygen atoms in total. The van der Waals surface area contributed by atoms with Crippen LogP contribution in [0.15, 0.2) is 12.7 Å². The predicted octanol–water partition coefficient (Wildman–Crippen LogP) is -0.153. The van der Waals surface area contributed by atoms with Crippen molar-refractivity contribution in [2.45, 2.75) is 12.5 Å². The van der Waals surface area contributed by atoms with E-state index in [2.05, 4.69) is 16.6 Å². The maximum Gasteiger partial charge on any atom is 0.326 e. The summed E-state index contributed by atoms with van der Waals surface area (Å²) in [5.74, 6) is -2.03. The van der Waals surface area contributed by atoms with Crippen LogP contribution in [0.5, 0.6) is 0 Å². The van der Waals surface area contributed by atoms with E-state index in [0.717, 1.165) is 7.11 Å². The molecule has 0 aromatic heterocycles. The molecule has 0 unspecified atom stereocenters. The van der Waals surface area contributed by atoms with Crippen molar-refractivity contribution < 1.29 is 29.0 Å². The van der Waals surface area contributed by atoms with E-state index in [0.29, 0.717) is 6.61 Å². The summed E-state index contributed by atoms with van der Waals surface area (Å²) in [6.45, 7) is 4.33. The standard InChI is InChI=1S/C12H20N2O6/c1-4-5-14(6-7-19-2)12(18)13-9(11(16)17)8-10(15)20-3/h4,9H,1,5-8H2,2-3H3,(H,13,18)(H,16,17)/t9-/m0/s1. The van der Waals surface area contributed by atoms with Gasteiger partial charge in [0.25, 0.3) is 0 Å². The number of nitrogens with one attached hydrogen (secondary N) is 1. The fourth-order valence-electron chi connectivity index (χ4n) is 1.32. The highest BCUT2D eigenvalue weighted by molar-refractivity contribution is 5.86. The normalized spacial score (nSPS) is 11.3. The topological polar surface area (TPSA) is 105 Å². The maximum atomic E-state index is 11.9. The number of aliphatic carboxylic acids is 1. The molecule has 8 heteroatoms. The number of urea groups is 1. The Bertz CT molecular complexity index is 358. The highest BCUT2D eigenvalue weighted by atomic mass is 16.5. The number of rotatable bonds is 9. The number of ether oxygens (including phenoxy) is 2. The summed E-state index contributed by atoms with van der Waals surface area (Å²) in [6, 6.07) is -1.96. The molecule has 2 N–H and O–H groups in total. The number of esters is 1. The van der Waals surface area contributed by atoms with Crippen LogP contribution in [-0.2, 0) is 19.1 Å². The quantitative estimate of drug-likeness (QED) is 0.451. The number of amides is 2. The Labute approximate surface area is 117 Å². The zero-order valence-corrected chi connectivity index (χ0v) is 11.6. The van der Waals surface area contributed by atoms with Gasteiger partial charge in [-0.3, -0.25) is 4.79 Å². The van der Waals surface area contributed by atoms with Crippen LogP contribution < -0.4 is 5.32 Å². The van der Waals surface area contributed by atoms with Crippen molar-refractivity contribution >= 4 is 18.0 Å². The molecule has 0 aromatic rings. The first-order valence-electron chi connectivity index (χ1n) is 5.91. The molecule has 0 heterocycles. The molecule has 0 bridgehead atoms. The van der Waals surface area contributed by atoms with Gasteiger partial charge in [0.05, 0.1) is 20.1 Å². The summed E-state index contributed by atoms with van der Waals surface area (Å²) in [6.07, 6.45) is 1.06. The molecule has 0 aliphatic rings. The maximum absolute atomic E-state index is 11.9. The van der Waals surface area contributed by atoms with Crippen LogP contribution in [0.2, 0.25) is 0 Å². The number of carbonyl (C=O) groups excluding carboxylic acids is 2. The van der Waals surface area contributed by atoms with Crippen molar-refractivity contribution in [3.05, 3.63) is 12.7 Å². The van der Waals surface area contributed by atoms with Crippen molar-refractivity contribution in [2.75, 3.05) is 33.9 Å². The molecular weight excluding hydrogens is 268 g/mol. The zero-order chi connectivity index (χ0) is 15.5. The molecule has 0 aliphatic heterocycles. The Morgan fingerprint density at radius 2 is 2.05 bits per heavy atom. The van der Waals surface area contributed by atoms with E-state index < -0.39 is 30.4 Å². The van der Waals surface area contributed by atoms with Crippen LogP contribution in [0.25, 0.3) is 0 Å². The largest absolute Gasteiger partial charge is 0.480 e. The van der Waals surface area contributed by atoms with E-state index in [1.54, 1.807) is 0 Å². The van der Waals surface area contributed by atoms with Crippen LogP contribution in [-0.4, -0.2) is 67.9 Å². The zero-order valence-electron chi connectivity index (χ0n) is 11.6. The predicted molar refractivity (Wildman–Crippen MR) is 70.2 cm³/mol. The smallest absolute Gasteiger partial charge is 0.326 e. The highest BCUT2D eigenvalue weighted by Gasteiger charge is 2.25. The van der Waals surface area contributed by atoms with E-state index in [9.17, 15) is 14.4 Å². The molecule has 20 heavy (non-hydrogen) atoms. The number of hydrogen-bond acceptors (Lipinski definition) is 5. The lowest BCUT2D eigenvalue weighted by molar-refractivity contribution is -0.147. The molecule has 1 atom stereocenters. The van der Waals surface area contributed by atoms with Gasteiger partial charge in [-0.2, -0.15) is 0 Å². The first-order valence-corrected chi connectivity index (χ1v) is 5.91. The van der Waals surface area contributed by atoms with Gasteiger partial charge in [0.2, 0.25) is 0 Å². The molecule has 0 aliphatic carbocycles. The molecule has 0 spiro atoms. The lowest BCUT2D eigenvalue weighted by atomic mass is 10.2. The number of methoxy groups -OCH3 is 2. The fourth-order valence-corrected chi connectivity index (χ4v) is 1.32. The molecule has 0 radical (unpaired) electrons. The van der Waals surface area contributed by atoms with Gasteiger partial charge >= 0.3 is 18.0 Å². The summed E-state index contributed by atoms with van der Waals surface area (Å²) in [5.41, 5.74) is 0. The molecule has 0 aromatic carbocycles. The molecule has 0 fully saturated rings. The molecular formula is C12H20N2O6. The first-order chi connectivity index (χ1) is 9.46. The van der Waals surface area contributed by atoms with Crippen molar-refractivity contribution in [2.24, 2.45) is 0 Å². The summed E-state index contributed by atoms with van der Waals surface area (Å²) >= 11 is 0. The molecule has 0 rings (SSSR count). The summed E-state index contributed by atoms with van der Waals surface area (Å²) in [7, 11) is 2.63. The van der Waals surface area contributed by atoms with Crippen molar-refractivity contribution in [1.82, 2.24) is 10.2 Å². The molecule has 114 valence electrons. The van der Waals surface area contributed by atoms with Gasteiger partial charge in [0.15, 0.2) is 0 Å². The third-order valence-corrected chi connectivity index (χ3v) is 2.40. The second kappa shape index (κ2) is 9.79. The highest BCUT2D eigenvalue weighted by Crippen LogP contribution is 1.98. The van der Waals surface area contributed by atoms with Gasteiger partial charge in [-0.15, -0.1) is 6.58 Å². The van der Waals surface area contributed by atoms with Gasteiger partial charge in [-0.25, -0.2) is 9.59 Å². The van der Waals surface area contributed by atoms with E-state index in [4.69, 9.17) is 9.84 Å². The second-order valence-electron chi connectivity index (χ2n) is 3.85. The lowest BCUT2D eigenvalue weighted by Crippen LogP contribution is -2.49. The second-order valence-corrected chi connectivity index (χ2v) is 3.85. The summed E-state index contributed by atoms with van der Waals surface area (Å²) in [5, 5.41) is 11.2. The van der Waals surface area contributed by atoms with E-state index in [1.807, 2.05) is 0 Å². The third kappa shape index (κ3) is 6.74. The number of hydrogen-bond donors (Lipinski definition) is 2. The van der Waals surface area contributed by atoms with Crippen LogP contribution >= 0.6 is 0 Å². The minimum Gasteiger partial charge on any atom is -0.480 e. The number of carbonyl (C=O) groups is 3. The van der Waals surface area contributed by atoms with Crippen LogP contribution in [0.3, 0.4) is 0 Å². The summed E-state index contributed by atoms with van der Waals surface area (Å²) in [4.78, 5) is 35.3. The minimum absolute atomic E-state index is 0.236. The van der Waals surface area contributed by atoms with Gasteiger partial charge in [0.1, 0.15) is 6.04 Å². The number of carboxylic acids is 1. The monoisotopic (exact) mass is 288 g/mol. The third-order valence-electron chi connectivity index (χ3n) is 2.40. The van der Waals surface area contributed by atoms with Crippen LogP contribution in [0.4, 0.5) is 4.79 Å². The van der Waals surface area contributed by atoms with Gasteiger partial charge < -0.3 is 24.8 Å². The average Bonchev–Trinajstić information content (AvgIpc) is 2.42. The van der Waals surface area contributed by atoms with Crippen molar-refractivity contribution in [3.63, 3.8) is 0 Å². The van der Waals surface area contributed by atoms with Crippen LogP contribution in [0.1, 0.15) is 6.42 Å². The number of carboxylic acid groups (broad SMARTS) is 1.